The second-order valence-corrected chi connectivity index (χ2v) is 22.4. The first kappa shape index (κ1) is 35.8. The van der Waals surface area contributed by atoms with E-state index in [9.17, 15) is 0 Å². The molecule has 5 heterocycles. The molecule has 0 atom stereocenters. The van der Waals surface area contributed by atoms with Crippen molar-refractivity contribution in [2.24, 2.45) is 7.05 Å². The molecule has 2 aliphatic rings. The fraction of sp³-hybridized carbons (Fsp3) is 0.176. The molecule has 0 spiro atoms. The van der Waals surface area contributed by atoms with Crippen molar-refractivity contribution in [1.29, 1.82) is 0 Å². The van der Waals surface area contributed by atoms with Crippen molar-refractivity contribution in [3.8, 4) is 11.5 Å². The van der Waals surface area contributed by atoms with Crippen molar-refractivity contribution in [3.05, 3.63) is 163 Å². The molecule has 0 unspecified atom stereocenters. The lowest BCUT2D eigenvalue weighted by molar-refractivity contribution is -0.649. The van der Waals surface area contributed by atoms with E-state index in [1.807, 2.05) is 6.20 Å². The summed E-state index contributed by atoms with van der Waals surface area (Å²) in [5.74, 6) is 0.930. The highest BCUT2D eigenvalue weighted by molar-refractivity contribution is 7.02. The summed E-state index contributed by atoms with van der Waals surface area (Å²) in [6.07, 6.45) is 5.69. The van der Waals surface area contributed by atoms with Crippen LogP contribution < -0.4 is 30.0 Å². The molecule has 6 nitrogen and oxygen atoms in total. The third-order valence-corrected chi connectivity index (χ3v) is 16.7. The number of aryl methyl sites for hydroxylation is 3. The van der Waals surface area contributed by atoms with E-state index in [-0.39, 0.29) is 12.4 Å². The second-order valence-electron chi connectivity index (χ2n) is 18.1. The Kier molecular flexibility index (Phi) is 7.61. The van der Waals surface area contributed by atoms with Gasteiger partial charge in [-0.1, -0.05) is 134 Å². The summed E-state index contributed by atoms with van der Waals surface area (Å²) < 4.78 is 6.86. The summed E-state index contributed by atoms with van der Waals surface area (Å²) in [5, 5.41) is 5.30. The van der Waals surface area contributed by atoms with Crippen LogP contribution in [0.2, 0.25) is 13.1 Å². The smallest absolute Gasteiger partial charge is 0.360 e. The van der Waals surface area contributed by atoms with Crippen LogP contribution in [-0.4, -0.2) is 29.2 Å². The first-order valence-electron chi connectivity index (χ1n) is 20.7. The Morgan fingerprint density at radius 2 is 1.36 bits per heavy atom. The van der Waals surface area contributed by atoms with E-state index in [1.165, 1.54) is 65.7 Å². The van der Waals surface area contributed by atoms with Crippen LogP contribution >= 0.6 is 0 Å². The Balaban J connectivity index is 1.24. The Hall–Kier alpha value is -6.38. The summed E-state index contributed by atoms with van der Waals surface area (Å²) in [7, 11) is 0.0591. The number of hydrogen-bond donors (Lipinski definition) is 0. The van der Waals surface area contributed by atoms with E-state index in [1.54, 1.807) is 0 Å². The van der Waals surface area contributed by atoms with Crippen LogP contribution in [0.5, 0.6) is 0 Å². The van der Waals surface area contributed by atoms with Crippen molar-refractivity contribution in [1.82, 2.24) is 14.1 Å². The number of hydrogen-bond acceptors (Lipinski definition) is 3. The third-order valence-electron chi connectivity index (χ3n) is 13.1. The summed E-state index contributed by atoms with van der Waals surface area (Å²) in [6, 6.07) is 49.8. The van der Waals surface area contributed by atoms with Crippen LogP contribution in [0.15, 0.2) is 140 Å². The maximum absolute atomic E-state index is 5.05. The lowest BCUT2D eigenvalue weighted by Gasteiger charge is -2.36. The lowest BCUT2D eigenvalue weighted by atomic mass is 9.61. The summed E-state index contributed by atoms with van der Waals surface area (Å²) in [6.45, 7) is 16.2. The van der Waals surface area contributed by atoms with Gasteiger partial charge in [-0.25, -0.2) is 4.98 Å². The van der Waals surface area contributed by atoms with E-state index in [0.717, 1.165) is 33.9 Å². The van der Waals surface area contributed by atoms with Gasteiger partial charge >= 0.3 is 6.98 Å². The standard InChI is InChI=1S/C51H47BN6Si/c1-33-16-14-17-34(2)49(33)52-57(36-18-10-9-11-19-36)43-30-39-38-20-12-13-21-40(38)56(48-28-35(26-27-53-48)51(3,4)5)42(39)31-44(43)58(52)37-24-25-46-45(29-37)55-32-54(6)41-22-15-23-47(50(41)55)59(46,7)8/h9-31H,1-8H3. The van der Waals surface area contributed by atoms with Gasteiger partial charge in [0.05, 0.1) is 46.2 Å². The highest BCUT2D eigenvalue weighted by Gasteiger charge is 2.46. The Labute approximate surface area is 347 Å². The Bertz CT molecular complexity index is 3170. The van der Waals surface area contributed by atoms with Gasteiger partial charge in [0.15, 0.2) is 0 Å². The maximum Gasteiger partial charge on any atom is 0.421 e. The van der Waals surface area contributed by atoms with Crippen LogP contribution in [0, 0.1) is 20.2 Å². The molecular formula is C51H47BN6Si. The number of pyridine rings is 1. The van der Waals surface area contributed by atoms with E-state index < -0.39 is 8.07 Å². The van der Waals surface area contributed by atoms with Gasteiger partial charge in [-0.3, -0.25) is 4.57 Å². The van der Waals surface area contributed by atoms with Gasteiger partial charge in [-0.15, -0.1) is 0 Å². The molecule has 0 bridgehead atoms. The summed E-state index contributed by atoms with van der Waals surface area (Å²) in [4.78, 5) is 10.2. The predicted molar refractivity (Wildman–Crippen MR) is 249 cm³/mol. The Morgan fingerprint density at radius 3 is 2.14 bits per heavy atom. The van der Waals surface area contributed by atoms with Gasteiger partial charge in [0, 0.05) is 28.3 Å². The van der Waals surface area contributed by atoms with Gasteiger partial charge in [0.25, 0.3) is 0 Å². The van der Waals surface area contributed by atoms with Crippen molar-refractivity contribution in [2.45, 2.75) is 53.1 Å². The molecule has 0 fully saturated rings. The molecule has 8 heteroatoms. The van der Waals surface area contributed by atoms with Crippen molar-refractivity contribution in [3.63, 3.8) is 0 Å². The molecule has 9 aromatic rings. The summed E-state index contributed by atoms with van der Waals surface area (Å²) >= 11 is 0. The van der Waals surface area contributed by atoms with Crippen LogP contribution in [0.25, 0.3) is 44.3 Å². The quantitative estimate of drug-likeness (QED) is 0.101. The van der Waals surface area contributed by atoms with Crippen LogP contribution in [0.1, 0.15) is 37.5 Å². The second kappa shape index (κ2) is 12.6. The van der Waals surface area contributed by atoms with Crippen LogP contribution in [0.4, 0.5) is 22.7 Å². The zero-order chi connectivity index (χ0) is 40.5. The van der Waals surface area contributed by atoms with Crippen molar-refractivity contribution < 1.29 is 4.57 Å². The molecule has 6 aromatic carbocycles. The maximum atomic E-state index is 5.05. The molecule has 0 amide bonds. The molecule has 0 saturated heterocycles. The highest BCUT2D eigenvalue weighted by Crippen LogP contribution is 2.50. The number of rotatable bonds is 4. The molecule has 0 aliphatic carbocycles. The number of para-hydroxylation sites is 3. The molecule has 0 saturated carbocycles. The molecule has 11 rings (SSSR count). The van der Waals surface area contributed by atoms with Gasteiger partial charge < -0.3 is 18.8 Å². The zero-order valence-electron chi connectivity index (χ0n) is 35.0. The largest absolute Gasteiger partial charge is 0.421 e. The minimum Gasteiger partial charge on any atom is -0.360 e. The SMILES string of the molecule is Cc1cccc(C)c1B1N(c2ccccc2)c2cc3c4ccccc4n(-c4cc(C(C)(C)C)ccn4)c3cc2N1c1ccc2c(c1)-n1[c-][n+](C)c3cccc(c31)[Si]2(C)C. The highest BCUT2D eigenvalue weighted by atomic mass is 28.3. The van der Waals surface area contributed by atoms with Gasteiger partial charge in [-0.2, -0.15) is 0 Å². The minimum atomic E-state index is -2.06. The first-order chi connectivity index (χ1) is 28.4. The van der Waals surface area contributed by atoms with Crippen molar-refractivity contribution in [2.75, 3.05) is 9.62 Å². The van der Waals surface area contributed by atoms with Crippen molar-refractivity contribution >= 4 is 86.5 Å². The van der Waals surface area contributed by atoms with Gasteiger partial charge in [0.1, 0.15) is 13.9 Å². The molecule has 59 heavy (non-hydrogen) atoms. The predicted octanol–water partition coefficient (Wildman–Crippen LogP) is 9.48. The number of anilines is 4. The van der Waals surface area contributed by atoms with Gasteiger partial charge in [-0.05, 0) is 84.9 Å². The fourth-order valence-corrected chi connectivity index (χ4v) is 13.1. The molecule has 2 aliphatic heterocycles. The average molecular weight is 783 g/mol. The number of imidazole rings is 1. The number of fused-ring (bicyclic) bond motifs is 6. The Morgan fingerprint density at radius 1 is 0.644 bits per heavy atom. The normalized spacial score (nSPS) is 14.5. The van der Waals surface area contributed by atoms with E-state index in [0.29, 0.717) is 0 Å². The van der Waals surface area contributed by atoms with E-state index in [2.05, 4.69) is 218 Å². The van der Waals surface area contributed by atoms with Gasteiger partial charge in [0.2, 0.25) is 6.33 Å². The molecule has 3 aromatic heterocycles. The topological polar surface area (TPSA) is 33.1 Å². The summed E-state index contributed by atoms with van der Waals surface area (Å²) in [5.41, 5.74) is 15.7. The van der Waals surface area contributed by atoms with E-state index in [4.69, 9.17) is 4.98 Å². The number of aromatic nitrogens is 4. The number of benzene rings is 6. The first-order valence-corrected chi connectivity index (χ1v) is 23.7. The number of nitrogens with zero attached hydrogens (tertiary/aromatic N) is 6. The molecule has 0 radical (unpaired) electrons. The monoisotopic (exact) mass is 782 g/mol. The zero-order valence-corrected chi connectivity index (χ0v) is 36.0. The average Bonchev–Trinajstić information content (AvgIpc) is 3.86. The van der Waals surface area contributed by atoms with Crippen LogP contribution in [-0.2, 0) is 12.5 Å². The lowest BCUT2D eigenvalue weighted by Crippen LogP contribution is -2.57. The third kappa shape index (κ3) is 5.12. The molecule has 0 N–H and O–H groups in total. The van der Waals surface area contributed by atoms with E-state index >= 15 is 0 Å². The fourth-order valence-electron chi connectivity index (χ4n) is 10.2. The van der Waals surface area contributed by atoms with Crippen LogP contribution in [0.3, 0.4) is 0 Å². The molecule has 288 valence electrons. The molecular weight excluding hydrogens is 736 g/mol. The minimum absolute atomic E-state index is 0.0204.